The number of rotatable bonds is 9. The molecule has 1 aromatic carbocycles. The molecule has 3 nitrogen and oxygen atoms in total. The lowest BCUT2D eigenvalue weighted by Crippen LogP contribution is -2.08. The molecule has 0 aromatic heterocycles. The molecule has 0 saturated carbocycles. The SMILES string of the molecule is CCC(C)=C(OC(=NC)c1ccc(Cl)cc1Cl)SCCCCC(C)=O. The van der Waals surface area contributed by atoms with Crippen LogP contribution < -0.4 is 0 Å². The molecule has 6 heteroatoms. The molecule has 0 heterocycles. The summed E-state index contributed by atoms with van der Waals surface area (Å²) in [6, 6.07) is 5.25. The van der Waals surface area contributed by atoms with Gasteiger partial charge in [-0.25, -0.2) is 0 Å². The van der Waals surface area contributed by atoms with E-state index in [4.69, 9.17) is 27.9 Å². The molecule has 0 atom stereocenters. The number of Topliss-reactive ketones (excluding diaryl/α,β-unsaturated/α-hetero) is 1. The highest BCUT2D eigenvalue weighted by atomic mass is 35.5. The highest BCUT2D eigenvalue weighted by Gasteiger charge is 2.14. The summed E-state index contributed by atoms with van der Waals surface area (Å²) in [7, 11) is 1.68. The van der Waals surface area contributed by atoms with E-state index in [0.29, 0.717) is 27.9 Å². The van der Waals surface area contributed by atoms with E-state index in [9.17, 15) is 4.79 Å². The maximum atomic E-state index is 11.0. The fraction of sp³-hybridized carbons (Fsp3) is 0.474. The van der Waals surface area contributed by atoms with Crippen LogP contribution in [0.1, 0.15) is 52.0 Å². The molecule has 0 spiro atoms. The molecule has 0 aliphatic heterocycles. The van der Waals surface area contributed by atoms with Crippen LogP contribution in [0.25, 0.3) is 0 Å². The molecule has 0 N–H and O–H groups in total. The molecule has 0 aliphatic carbocycles. The summed E-state index contributed by atoms with van der Waals surface area (Å²) in [5.41, 5.74) is 1.87. The Kier molecular flexibility index (Phi) is 10.2. The average Bonchev–Trinajstić information content (AvgIpc) is 2.57. The summed E-state index contributed by atoms with van der Waals surface area (Å²) < 4.78 is 6.08. The first-order valence-corrected chi connectivity index (χ1v) is 10.0. The van der Waals surface area contributed by atoms with Crippen molar-refractivity contribution in [3.05, 3.63) is 44.5 Å². The van der Waals surface area contributed by atoms with Crippen LogP contribution >= 0.6 is 35.0 Å². The van der Waals surface area contributed by atoms with Crippen molar-refractivity contribution in [3.63, 3.8) is 0 Å². The number of ketones is 1. The molecule has 0 bridgehead atoms. The van der Waals surface area contributed by atoms with Gasteiger partial charge in [0.1, 0.15) is 5.78 Å². The van der Waals surface area contributed by atoms with E-state index in [1.165, 1.54) is 0 Å². The first-order valence-electron chi connectivity index (χ1n) is 8.31. The zero-order valence-electron chi connectivity index (χ0n) is 15.2. The monoisotopic (exact) mass is 401 g/mol. The summed E-state index contributed by atoms with van der Waals surface area (Å²) in [6.07, 6.45) is 3.39. The highest BCUT2D eigenvalue weighted by molar-refractivity contribution is 8.02. The molecule has 0 amide bonds. The molecule has 0 unspecified atom stereocenters. The summed E-state index contributed by atoms with van der Waals surface area (Å²) in [5.74, 6) is 1.60. The zero-order valence-corrected chi connectivity index (χ0v) is 17.5. The van der Waals surface area contributed by atoms with Gasteiger partial charge < -0.3 is 9.53 Å². The summed E-state index contributed by atoms with van der Waals surface area (Å²) in [6.45, 7) is 5.77. The van der Waals surface area contributed by atoms with Gasteiger partial charge in [0.2, 0.25) is 5.90 Å². The molecular formula is C19H25Cl2NO2S. The third kappa shape index (κ3) is 7.85. The lowest BCUT2D eigenvalue weighted by Gasteiger charge is -2.15. The van der Waals surface area contributed by atoms with Gasteiger partial charge in [0.05, 0.1) is 10.6 Å². The summed E-state index contributed by atoms with van der Waals surface area (Å²) >= 11 is 13.9. The Hall–Kier alpha value is -0.970. The van der Waals surface area contributed by atoms with Gasteiger partial charge in [-0.3, -0.25) is 4.99 Å². The Bertz CT molecular complexity index is 657. The van der Waals surface area contributed by atoms with Crippen molar-refractivity contribution in [3.8, 4) is 0 Å². The number of thioether (sulfide) groups is 1. The maximum Gasteiger partial charge on any atom is 0.224 e. The van der Waals surface area contributed by atoms with E-state index in [1.807, 2.05) is 6.07 Å². The van der Waals surface area contributed by atoms with Gasteiger partial charge in [-0.05, 0) is 56.9 Å². The lowest BCUT2D eigenvalue weighted by molar-refractivity contribution is -0.117. The molecule has 0 saturated heterocycles. The second-order valence-corrected chi connectivity index (χ2v) is 7.60. The number of aliphatic imine (C=N–C) groups is 1. The standard InChI is InChI=1S/C19H25Cl2NO2S/c1-5-13(2)19(25-11-7-6-8-14(3)23)24-18(22-4)16-10-9-15(20)12-17(16)21/h9-10,12H,5-8,11H2,1-4H3. The van der Waals surface area contributed by atoms with Crippen molar-refractivity contribution in [2.24, 2.45) is 4.99 Å². The highest BCUT2D eigenvalue weighted by Crippen LogP contribution is 2.28. The lowest BCUT2D eigenvalue weighted by atomic mass is 10.2. The smallest absolute Gasteiger partial charge is 0.224 e. The minimum absolute atomic E-state index is 0.236. The number of allylic oxidation sites excluding steroid dienone is 1. The Morgan fingerprint density at radius 1 is 1.24 bits per heavy atom. The molecular weight excluding hydrogens is 377 g/mol. The maximum absolute atomic E-state index is 11.0. The number of unbranched alkanes of at least 4 members (excludes halogenated alkanes) is 1. The summed E-state index contributed by atoms with van der Waals surface area (Å²) in [5, 5.41) is 1.93. The molecule has 0 aliphatic rings. The predicted octanol–water partition coefficient (Wildman–Crippen LogP) is 6.52. The second-order valence-electron chi connectivity index (χ2n) is 5.68. The molecule has 138 valence electrons. The van der Waals surface area contributed by atoms with Crippen molar-refractivity contribution < 1.29 is 9.53 Å². The van der Waals surface area contributed by atoms with Crippen molar-refractivity contribution in [2.75, 3.05) is 12.8 Å². The number of hydrogen-bond donors (Lipinski definition) is 0. The molecule has 1 rings (SSSR count). The number of carbonyl (C=O) groups excluding carboxylic acids is 1. The van der Waals surface area contributed by atoms with E-state index in [2.05, 4.69) is 18.8 Å². The summed E-state index contributed by atoms with van der Waals surface area (Å²) in [4.78, 5) is 15.3. The molecule has 1 aromatic rings. The third-order valence-electron chi connectivity index (χ3n) is 3.59. The number of hydrogen-bond acceptors (Lipinski definition) is 4. The van der Waals surface area contributed by atoms with Gasteiger partial charge in [0.25, 0.3) is 0 Å². The van der Waals surface area contributed by atoms with E-state index >= 15 is 0 Å². The Labute approximate surface area is 164 Å². The number of carbonyl (C=O) groups is 1. The zero-order chi connectivity index (χ0) is 18.8. The van der Waals surface area contributed by atoms with Crippen molar-refractivity contribution in [1.82, 2.24) is 0 Å². The van der Waals surface area contributed by atoms with Crippen molar-refractivity contribution in [2.45, 2.75) is 46.5 Å². The van der Waals surface area contributed by atoms with Crippen LogP contribution in [0.2, 0.25) is 10.0 Å². The number of benzene rings is 1. The van der Waals surface area contributed by atoms with Crippen LogP contribution in [0.4, 0.5) is 0 Å². The van der Waals surface area contributed by atoms with Crippen molar-refractivity contribution in [1.29, 1.82) is 0 Å². The largest absolute Gasteiger partial charge is 0.432 e. The predicted molar refractivity (Wildman–Crippen MR) is 110 cm³/mol. The Balaban J connectivity index is 2.81. The Morgan fingerprint density at radius 2 is 1.96 bits per heavy atom. The van der Waals surface area contributed by atoms with E-state index in [0.717, 1.165) is 35.7 Å². The van der Waals surface area contributed by atoms with Gasteiger partial charge >= 0.3 is 0 Å². The van der Waals surface area contributed by atoms with Gasteiger partial charge in [0, 0.05) is 24.2 Å². The first-order chi connectivity index (χ1) is 11.9. The van der Waals surface area contributed by atoms with Gasteiger partial charge in [-0.1, -0.05) is 41.9 Å². The fourth-order valence-corrected chi connectivity index (χ4v) is 3.55. The quantitative estimate of drug-likeness (QED) is 0.204. The fourth-order valence-electron chi connectivity index (χ4n) is 2.00. The third-order valence-corrected chi connectivity index (χ3v) is 5.32. The minimum atomic E-state index is 0.236. The number of halogens is 2. The topological polar surface area (TPSA) is 38.7 Å². The Morgan fingerprint density at radius 3 is 2.52 bits per heavy atom. The van der Waals surface area contributed by atoms with E-state index < -0.39 is 0 Å². The van der Waals surface area contributed by atoms with Crippen LogP contribution in [0.3, 0.4) is 0 Å². The van der Waals surface area contributed by atoms with Crippen LogP contribution in [0, 0.1) is 0 Å². The number of nitrogens with zero attached hydrogens (tertiary/aromatic N) is 1. The van der Waals surface area contributed by atoms with Crippen LogP contribution in [-0.2, 0) is 9.53 Å². The molecule has 0 radical (unpaired) electrons. The van der Waals surface area contributed by atoms with Crippen LogP contribution in [-0.4, -0.2) is 24.5 Å². The second kappa shape index (κ2) is 11.6. The van der Waals surface area contributed by atoms with E-state index in [-0.39, 0.29) is 5.78 Å². The average molecular weight is 402 g/mol. The van der Waals surface area contributed by atoms with Crippen LogP contribution in [0.15, 0.2) is 33.9 Å². The van der Waals surface area contributed by atoms with Gasteiger partial charge in [-0.15, -0.1) is 0 Å². The van der Waals surface area contributed by atoms with Gasteiger partial charge in [-0.2, -0.15) is 0 Å². The van der Waals surface area contributed by atoms with E-state index in [1.54, 1.807) is 37.9 Å². The number of ether oxygens (including phenoxy) is 1. The molecule has 0 fully saturated rings. The minimum Gasteiger partial charge on any atom is -0.432 e. The van der Waals surface area contributed by atoms with Gasteiger partial charge in [0.15, 0.2) is 5.09 Å². The van der Waals surface area contributed by atoms with Crippen molar-refractivity contribution >= 4 is 46.6 Å². The normalized spacial score (nSPS) is 12.8. The molecule has 25 heavy (non-hydrogen) atoms. The first kappa shape index (κ1) is 22.1. The van der Waals surface area contributed by atoms with Crippen LogP contribution in [0.5, 0.6) is 0 Å².